The topological polar surface area (TPSA) is 135 Å². The number of H-pyrrole nitrogens is 1. The van der Waals surface area contributed by atoms with Crippen LogP contribution < -0.4 is 22.1 Å². The number of amides is 2. The number of nitrogens with two attached hydrogens (primary N) is 1. The van der Waals surface area contributed by atoms with E-state index in [-0.39, 0.29) is 23.5 Å². The lowest BCUT2D eigenvalue weighted by Gasteiger charge is -2.36. The quantitative estimate of drug-likeness (QED) is 0.449. The number of aryl methyl sites for hydroxylation is 3. The third kappa shape index (κ3) is 3.81. The Morgan fingerprint density at radius 2 is 1.56 bits per heavy atom. The molecule has 0 fully saturated rings. The molecule has 9 nitrogen and oxygen atoms in total. The highest BCUT2D eigenvalue weighted by Gasteiger charge is 2.44. The van der Waals surface area contributed by atoms with Crippen molar-refractivity contribution in [2.75, 3.05) is 14.1 Å². The summed E-state index contributed by atoms with van der Waals surface area (Å²) in [5.74, 6) is 0.146. The Labute approximate surface area is 197 Å². The van der Waals surface area contributed by atoms with Crippen molar-refractivity contribution in [3.05, 3.63) is 86.1 Å². The Morgan fingerprint density at radius 3 is 1.94 bits per heavy atom. The molecule has 4 rings (SSSR count). The second-order valence-electron chi connectivity index (χ2n) is 8.89. The molecule has 34 heavy (non-hydrogen) atoms. The van der Waals surface area contributed by atoms with Crippen LogP contribution in [0.15, 0.2) is 41.2 Å². The normalized spacial score (nSPS) is 15.0. The molecule has 1 aliphatic carbocycles. The lowest BCUT2D eigenvalue weighted by atomic mass is 9.68. The average molecular weight is 463 g/mol. The van der Waals surface area contributed by atoms with Gasteiger partial charge in [0.15, 0.2) is 0 Å². The minimum Gasteiger partial charge on any atom is -0.355 e. The minimum absolute atomic E-state index is 0.171. The van der Waals surface area contributed by atoms with Gasteiger partial charge in [-0.2, -0.15) is 5.10 Å². The number of aromatic nitrogens is 3. The predicted octanol–water partition coefficient (Wildman–Crippen LogP) is 0.998. The molecule has 1 aromatic heterocycles. The molecular formula is C25H30N6O3. The van der Waals surface area contributed by atoms with Crippen LogP contribution in [-0.4, -0.2) is 46.7 Å². The van der Waals surface area contributed by atoms with Gasteiger partial charge in [-0.25, -0.2) is 9.48 Å². The molecule has 3 aromatic rings. The largest absolute Gasteiger partial charge is 0.355 e. The van der Waals surface area contributed by atoms with Gasteiger partial charge in [-0.1, -0.05) is 12.1 Å². The molecule has 0 spiro atoms. The highest BCUT2D eigenvalue weighted by Crippen LogP contribution is 2.46. The van der Waals surface area contributed by atoms with Crippen LogP contribution in [-0.2, 0) is 25.3 Å². The highest BCUT2D eigenvalue weighted by molar-refractivity contribution is 5.95. The van der Waals surface area contributed by atoms with Crippen LogP contribution in [0.2, 0.25) is 0 Å². The van der Waals surface area contributed by atoms with Crippen molar-refractivity contribution in [1.82, 2.24) is 25.4 Å². The van der Waals surface area contributed by atoms with Crippen molar-refractivity contribution >= 4 is 11.8 Å². The van der Waals surface area contributed by atoms with Gasteiger partial charge in [0.1, 0.15) is 5.82 Å². The number of rotatable bonds is 5. The van der Waals surface area contributed by atoms with Crippen LogP contribution in [0.5, 0.6) is 0 Å². The molecule has 0 aliphatic heterocycles. The Bertz CT molecular complexity index is 1250. The lowest BCUT2D eigenvalue weighted by Crippen LogP contribution is -2.38. The first kappa shape index (κ1) is 23.4. The molecule has 1 aliphatic rings. The maximum atomic E-state index is 12.5. The maximum Gasteiger partial charge on any atom is 0.343 e. The first-order valence-electron chi connectivity index (χ1n) is 11.3. The number of nitrogens with one attached hydrogen (secondary N) is 3. The van der Waals surface area contributed by atoms with Gasteiger partial charge < -0.3 is 16.4 Å². The molecule has 1 atom stereocenters. The Hall–Kier alpha value is -3.72. The van der Waals surface area contributed by atoms with Crippen LogP contribution >= 0.6 is 0 Å². The van der Waals surface area contributed by atoms with Gasteiger partial charge >= 0.3 is 5.69 Å². The van der Waals surface area contributed by atoms with Gasteiger partial charge in [-0.15, -0.1) is 0 Å². The van der Waals surface area contributed by atoms with Crippen molar-refractivity contribution in [3.8, 4) is 0 Å². The zero-order chi connectivity index (χ0) is 24.6. The summed E-state index contributed by atoms with van der Waals surface area (Å²) in [6.07, 6.45) is 1.78. The molecule has 9 heteroatoms. The average Bonchev–Trinajstić information content (AvgIpc) is 3.11. The van der Waals surface area contributed by atoms with Crippen molar-refractivity contribution in [2.45, 2.75) is 37.6 Å². The Balaban J connectivity index is 2.08. The number of benzene rings is 2. The van der Waals surface area contributed by atoms with Crippen molar-refractivity contribution in [2.24, 2.45) is 12.8 Å². The first-order chi connectivity index (χ1) is 16.2. The van der Waals surface area contributed by atoms with Gasteiger partial charge in [0, 0.05) is 38.3 Å². The van der Waals surface area contributed by atoms with Gasteiger partial charge in [0.25, 0.3) is 11.8 Å². The standard InChI is InChI=1S/C25H30N6O3/c1-14(26)13-25(23-29-24(34)31(4)30-23)19-9-7-17(21(32)27-2)11-15(19)5-6-16-12-18(22(33)28-3)8-10-20(16)25/h7-12,14H,5-6,13,26H2,1-4H3,(H,27,32)(H,28,33)(H,29,30,34)/t14-/m0/s1. The number of aromatic amines is 1. The third-order valence-electron chi connectivity index (χ3n) is 6.57. The van der Waals surface area contributed by atoms with Crippen LogP contribution in [0.4, 0.5) is 0 Å². The monoisotopic (exact) mass is 462 g/mol. The molecule has 0 bridgehead atoms. The number of carbonyl (C=O) groups excluding carboxylic acids is 2. The first-order valence-corrected chi connectivity index (χ1v) is 11.3. The summed E-state index contributed by atoms with van der Waals surface area (Å²) in [6, 6.07) is 11.0. The molecule has 2 aromatic carbocycles. The van der Waals surface area contributed by atoms with E-state index in [1.165, 1.54) is 4.68 Å². The van der Waals surface area contributed by atoms with E-state index < -0.39 is 5.41 Å². The van der Waals surface area contributed by atoms with Gasteiger partial charge in [-0.05, 0) is 72.7 Å². The van der Waals surface area contributed by atoms with E-state index >= 15 is 0 Å². The summed E-state index contributed by atoms with van der Waals surface area (Å²) in [5.41, 5.74) is 10.2. The fourth-order valence-electron chi connectivity index (χ4n) is 5.07. The van der Waals surface area contributed by atoms with Crippen molar-refractivity contribution in [1.29, 1.82) is 0 Å². The number of nitrogens with zero attached hydrogens (tertiary/aromatic N) is 2. The van der Waals surface area contributed by atoms with E-state index in [2.05, 4.69) is 20.7 Å². The van der Waals surface area contributed by atoms with Crippen LogP contribution in [0.3, 0.4) is 0 Å². The molecule has 0 saturated carbocycles. The van der Waals surface area contributed by atoms with E-state index in [0.717, 1.165) is 22.3 Å². The summed E-state index contributed by atoms with van der Waals surface area (Å²) >= 11 is 0. The highest BCUT2D eigenvalue weighted by atomic mass is 16.2. The second kappa shape index (κ2) is 8.90. The fraction of sp³-hybridized carbons (Fsp3) is 0.360. The molecule has 178 valence electrons. The molecule has 2 amide bonds. The van der Waals surface area contributed by atoms with E-state index in [4.69, 9.17) is 5.73 Å². The molecule has 5 N–H and O–H groups in total. The molecule has 0 saturated heterocycles. The molecule has 0 radical (unpaired) electrons. The summed E-state index contributed by atoms with van der Waals surface area (Å²) < 4.78 is 1.28. The van der Waals surface area contributed by atoms with Crippen molar-refractivity contribution < 1.29 is 9.59 Å². The SMILES string of the molecule is CNC(=O)c1ccc2c(c1)CCc1cc(C(=O)NC)ccc1C2(C[C@H](C)N)c1nn(C)c(=O)[nH]1. The minimum atomic E-state index is -0.863. The van der Waals surface area contributed by atoms with E-state index in [1.54, 1.807) is 33.3 Å². The van der Waals surface area contributed by atoms with Crippen LogP contribution in [0.25, 0.3) is 0 Å². The number of carbonyl (C=O) groups is 2. The number of fused-ring (bicyclic) bond motifs is 2. The van der Waals surface area contributed by atoms with Crippen LogP contribution in [0, 0.1) is 0 Å². The third-order valence-corrected chi connectivity index (χ3v) is 6.57. The second-order valence-corrected chi connectivity index (χ2v) is 8.89. The summed E-state index contributed by atoms with van der Waals surface area (Å²) in [4.78, 5) is 40.2. The van der Waals surface area contributed by atoms with Crippen LogP contribution in [0.1, 0.15) is 62.1 Å². The zero-order valence-corrected chi connectivity index (χ0v) is 19.9. The number of hydrogen-bond acceptors (Lipinski definition) is 5. The summed E-state index contributed by atoms with van der Waals surface area (Å²) in [7, 11) is 4.80. The van der Waals surface area contributed by atoms with Gasteiger partial charge in [-0.3, -0.25) is 14.6 Å². The fourth-order valence-corrected chi connectivity index (χ4v) is 5.07. The van der Waals surface area contributed by atoms with Crippen molar-refractivity contribution in [3.63, 3.8) is 0 Å². The van der Waals surface area contributed by atoms with Gasteiger partial charge in [0.2, 0.25) is 0 Å². The summed E-state index contributed by atoms with van der Waals surface area (Å²) in [5, 5.41) is 9.93. The predicted molar refractivity (Wildman–Crippen MR) is 129 cm³/mol. The molecule has 1 heterocycles. The Kier molecular flexibility index (Phi) is 6.14. The summed E-state index contributed by atoms with van der Waals surface area (Å²) in [6.45, 7) is 1.92. The molecular weight excluding hydrogens is 432 g/mol. The maximum absolute atomic E-state index is 12.5. The van der Waals surface area contributed by atoms with E-state index in [9.17, 15) is 14.4 Å². The zero-order valence-electron chi connectivity index (χ0n) is 19.9. The lowest BCUT2D eigenvalue weighted by molar-refractivity contribution is 0.0955. The molecule has 0 unspecified atom stereocenters. The van der Waals surface area contributed by atoms with E-state index in [0.29, 0.717) is 36.2 Å². The number of hydrogen-bond donors (Lipinski definition) is 4. The Morgan fingerprint density at radius 1 is 1.06 bits per heavy atom. The van der Waals surface area contributed by atoms with Gasteiger partial charge in [0.05, 0.1) is 5.41 Å². The smallest absolute Gasteiger partial charge is 0.343 e. The van der Waals surface area contributed by atoms with E-state index in [1.807, 2.05) is 31.2 Å².